The number of rotatable bonds is 1. The summed E-state index contributed by atoms with van der Waals surface area (Å²) in [5.74, 6) is 7.08. The minimum Gasteiger partial charge on any atom is -0.377 e. The highest BCUT2D eigenvalue weighted by Gasteiger charge is 2.08. The summed E-state index contributed by atoms with van der Waals surface area (Å²) >= 11 is 0. The predicted octanol–water partition coefficient (Wildman–Crippen LogP) is 3.61. The van der Waals surface area contributed by atoms with Crippen molar-refractivity contribution >= 4 is 16.5 Å². The Morgan fingerprint density at radius 2 is 2.15 bits per heavy atom. The van der Waals surface area contributed by atoms with Crippen LogP contribution in [0.1, 0.15) is 19.0 Å². The van der Waals surface area contributed by atoms with Crippen LogP contribution in [0.15, 0.2) is 36.4 Å². The molecule has 0 saturated carbocycles. The number of nitrogens with one attached hydrogen (secondary N) is 1. The maximum atomic E-state index is 5.30. The second kappa shape index (κ2) is 7.24. The van der Waals surface area contributed by atoms with Gasteiger partial charge in [-0.2, -0.15) is 0 Å². The molecule has 3 rings (SSSR count). The highest BCUT2D eigenvalue weighted by molar-refractivity contribution is 5.84. The van der Waals surface area contributed by atoms with Gasteiger partial charge in [-0.15, -0.1) is 6.42 Å². The second-order valence-electron chi connectivity index (χ2n) is 4.34. The fraction of sp³-hybridized carbons (Fsp3) is 0.222. The molecule has 1 N–H and O–H groups in total. The lowest BCUT2D eigenvalue weighted by Crippen LogP contribution is -2.03. The molecule has 0 bridgehead atoms. The first-order chi connectivity index (χ1) is 9.85. The highest BCUT2D eigenvalue weighted by Crippen LogP contribution is 2.24. The van der Waals surface area contributed by atoms with Gasteiger partial charge in [0.05, 0.1) is 13.2 Å². The van der Waals surface area contributed by atoms with Gasteiger partial charge in [0, 0.05) is 11.2 Å². The van der Waals surface area contributed by atoms with E-state index in [2.05, 4.69) is 59.2 Å². The molecule has 0 saturated heterocycles. The average Bonchev–Trinajstić information content (AvgIpc) is 2.94. The first kappa shape index (κ1) is 14.0. The van der Waals surface area contributed by atoms with Crippen LogP contribution in [0.4, 0.5) is 0 Å². The molecule has 100 valence electrons. The molecule has 0 amide bonds. The second-order valence-corrected chi connectivity index (χ2v) is 4.34. The van der Waals surface area contributed by atoms with E-state index in [4.69, 9.17) is 11.2 Å². The summed E-state index contributed by atoms with van der Waals surface area (Å²) in [7, 11) is 0. The third-order valence-electron chi connectivity index (χ3n) is 3.04. The minimum atomic E-state index is 0.741. The summed E-state index contributed by atoms with van der Waals surface area (Å²) in [6.07, 6.45) is 7.88. The topological polar surface area (TPSA) is 25.0 Å². The third-order valence-corrected chi connectivity index (χ3v) is 3.04. The van der Waals surface area contributed by atoms with Crippen LogP contribution in [0.5, 0.6) is 0 Å². The zero-order chi connectivity index (χ0) is 14.2. The molecule has 2 heteroatoms. The lowest BCUT2D eigenvalue weighted by molar-refractivity contribution is 0.161. The van der Waals surface area contributed by atoms with Crippen LogP contribution < -0.4 is 0 Å². The first-order valence-corrected chi connectivity index (χ1v) is 6.57. The van der Waals surface area contributed by atoms with Gasteiger partial charge in [-0.3, -0.25) is 0 Å². The Bertz CT molecular complexity index is 671. The van der Waals surface area contributed by atoms with Crippen LogP contribution in [0, 0.1) is 24.2 Å². The van der Waals surface area contributed by atoms with Crippen molar-refractivity contribution in [3.63, 3.8) is 0 Å². The van der Waals surface area contributed by atoms with E-state index in [9.17, 15) is 0 Å². The molecule has 0 aliphatic carbocycles. The van der Waals surface area contributed by atoms with E-state index >= 15 is 0 Å². The Labute approximate surface area is 119 Å². The molecule has 1 aromatic carbocycles. The molecule has 1 aliphatic rings. The lowest BCUT2D eigenvalue weighted by atomic mass is 10.1. The first-order valence-electron chi connectivity index (χ1n) is 6.57. The van der Waals surface area contributed by atoms with Gasteiger partial charge in [-0.25, -0.2) is 0 Å². The number of aromatic amines is 1. The number of H-pyrrole nitrogens is 1. The zero-order valence-electron chi connectivity index (χ0n) is 11.6. The molecule has 1 aliphatic heterocycles. The minimum absolute atomic E-state index is 0.741. The Hall–Kier alpha value is -2.42. The molecule has 0 fully saturated rings. The van der Waals surface area contributed by atoms with Gasteiger partial charge >= 0.3 is 0 Å². The van der Waals surface area contributed by atoms with Crippen molar-refractivity contribution in [1.82, 2.24) is 4.98 Å². The van der Waals surface area contributed by atoms with Crippen LogP contribution in [0.2, 0.25) is 0 Å². The van der Waals surface area contributed by atoms with E-state index in [-0.39, 0.29) is 0 Å². The van der Waals surface area contributed by atoms with E-state index in [0.29, 0.717) is 0 Å². The van der Waals surface area contributed by atoms with Crippen LogP contribution in [-0.2, 0) is 4.74 Å². The molecular formula is C18H17NO. The van der Waals surface area contributed by atoms with Crippen molar-refractivity contribution in [2.45, 2.75) is 13.3 Å². The molecule has 1 aromatic heterocycles. The zero-order valence-corrected chi connectivity index (χ0v) is 11.6. The number of ether oxygens (including phenoxy) is 1. The molecule has 2 aromatic rings. The van der Waals surface area contributed by atoms with E-state index in [1.54, 1.807) is 6.92 Å². The summed E-state index contributed by atoms with van der Waals surface area (Å²) in [4.78, 5) is 3.44. The average molecular weight is 263 g/mol. The smallest absolute Gasteiger partial charge is 0.0654 e. The molecule has 2 nitrogen and oxygen atoms in total. The SMILES string of the molecule is C#CC#CC.C1=C(c2cc3ccccc3[nH]2)CCOC1. The van der Waals surface area contributed by atoms with Crippen molar-refractivity contribution in [3.8, 4) is 24.2 Å². The fourth-order valence-electron chi connectivity index (χ4n) is 2.09. The standard InChI is InChI=1S/C13H13NO.C5H4/c1-2-4-12-11(3-1)9-13(14-12)10-5-7-15-8-6-10;1-3-5-4-2/h1-5,9,14H,6-8H2;1H,2H3. The maximum absolute atomic E-state index is 5.30. The summed E-state index contributed by atoms with van der Waals surface area (Å²) in [5, 5.41) is 1.28. The molecular weight excluding hydrogens is 246 g/mol. The van der Waals surface area contributed by atoms with Gasteiger partial charge in [0.1, 0.15) is 0 Å². The molecule has 2 heterocycles. The van der Waals surface area contributed by atoms with Crippen molar-refractivity contribution in [2.24, 2.45) is 0 Å². The lowest BCUT2D eigenvalue weighted by Gasteiger charge is -2.11. The Morgan fingerprint density at radius 3 is 2.75 bits per heavy atom. The van der Waals surface area contributed by atoms with Crippen LogP contribution >= 0.6 is 0 Å². The molecule has 0 radical (unpaired) electrons. The highest BCUT2D eigenvalue weighted by atomic mass is 16.5. The Morgan fingerprint density at radius 1 is 1.30 bits per heavy atom. The predicted molar refractivity (Wildman–Crippen MR) is 84.0 cm³/mol. The summed E-state index contributed by atoms with van der Waals surface area (Å²) in [6, 6.07) is 10.6. The maximum Gasteiger partial charge on any atom is 0.0654 e. The van der Waals surface area contributed by atoms with E-state index in [1.807, 2.05) is 0 Å². The summed E-state index contributed by atoms with van der Waals surface area (Å²) < 4.78 is 5.30. The molecule has 0 unspecified atom stereocenters. The van der Waals surface area contributed by atoms with Crippen LogP contribution in [0.25, 0.3) is 16.5 Å². The fourth-order valence-corrected chi connectivity index (χ4v) is 2.09. The van der Waals surface area contributed by atoms with Gasteiger partial charge in [-0.1, -0.05) is 30.2 Å². The van der Waals surface area contributed by atoms with Crippen molar-refractivity contribution in [3.05, 3.63) is 42.1 Å². The van der Waals surface area contributed by atoms with E-state index < -0.39 is 0 Å². The number of hydrogen-bond donors (Lipinski definition) is 1. The van der Waals surface area contributed by atoms with E-state index in [1.165, 1.54) is 22.2 Å². The number of para-hydroxylation sites is 1. The molecule has 0 spiro atoms. The van der Waals surface area contributed by atoms with Crippen molar-refractivity contribution < 1.29 is 4.74 Å². The monoisotopic (exact) mass is 263 g/mol. The van der Waals surface area contributed by atoms with E-state index in [0.717, 1.165) is 19.6 Å². The van der Waals surface area contributed by atoms with Gasteiger partial charge in [0.15, 0.2) is 0 Å². The summed E-state index contributed by atoms with van der Waals surface area (Å²) in [6.45, 7) is 3.28. The van der Waals surface area contributed by atoms with Gasteiger partial charge in [0.2, 0.25) is 0 Å². The Kier molecular flexibility index (Phi) is 5.07. The number of benzene rings is 1. The van der Waals surface area contributed by atoms with Gasteiger partial charge < -0.3 is 9.72 Å². The number of aromatic nitrogens is 1. The Balaban J connectivity index is 0.000000257. The van der Waals surface area contributed by atoms with Crippen molar-refractivity contribution in [1.29, 1.82) is 0 Å². The third kappa shape index (κ3) is 3.54. The largest absolute Gasteiger partial charge is 0.377 e. The quantitative estimate of drug-likeness (QED) is 0.781. The number of fused-ring (bicyclic) bond motifs is 1. The van der Waals surface area contributed by atoms with Crippen molar-refractivity contribution in [2.75, 3.05) is 13.2 Å². The molecule has 20 heavy (non-hydrogen) atoms. The number of terminal acetylenes is 1. The number of hydrogen-bond acceptors (Lipinski definition) is 1. The summed E-state index contributed by atoms with van der Waals surface area (Å²) in [5.41, 5.74) is 3.82. The molecule has 0 atom stereocenters. The van der Waals surface area contributed by atoms with Gasteiger partial charge in [-0.05, 0) is 48.3 Å². The van der Waals surface area contributed by atoms with Crippen LogP contribution in [0.3, 0.4) is 0 Å². The van der Waals surface area contributed by atoms with Gasteiger partial charge in [0.25, 0.3) is 0 Å². The van der Waals surface area contributed by atoms with Crippen LogP contribution in [-0.4, -0.2) is 18.2 Å². The normalized spacial score (nSPS) is 13.3.